The number of Topliss-reactive ketones (excluding diaryl/α,β-unsaturated/α-hetero) is 1. The van der Waals surface area contributed by atoms with Gasteiger partial charge in [-0.2, -0.15) is 4.40 Å². The van der Waals surface area contributed by atoms with E-state index in [1.807, 2.05) is 0 Å². The van der Waals surface area contributed by atoms with Gasteiger partial charge in [0.15, 0.2) is 5.17 Å². The van der Waals surface area contributed by atoms with E-state index in [2.05, 4.69) is 4.40 Å². The van der Waals surface area contributed by atoms with E-state index >= 15 is 0 Å². The molecule has 0 radical (unpaired) electrons. The number of nitrogens with zero attached hydrogens (tertiary/aromatic N) is 2. The second-order valence-electron chi connectivity index (χ2n) is 3.95. The van der Waals surface area contributed by atoms with E-state index in [0.29, 0.717) is 16.2 Å². The molecule has 0 saturated heterocycles. The molecule has 2 aliphatic rings. The minimum atomic E-state index is -0.345. The molecule has 0 unspecified atom stereocenters. The first kappa shape index (κ1) is 12.8. The smallest absolute Gasteiger partial charge is 0.263 e. The number of ketones is 1. The molecule has 0 bridgehead atoms. The zero-order valence-corrected chi connectivity index (χ0v) is 12.1. The number of halogens is 1. The number of carbonyl (C=O) groups excluding carboxylic acids is 2. The van der Waals surface area contributed by atoms with Gasteiger partial charge in [-0.3, -0.25) is 9.59 Å². The first-order valence-electron chi connectivity index (χ1n) is 5.35. The molecule has 0 fully saturated rings. The van der Waals surface area contributed by atoms with Crippen molar-refractivity contribution < 1.29 is 9.59 Å². The molecule has 0 saturated carbocycles. The molecule has 0 aromatic heterocycles. The Morgan fingerprint density at radius 2 is 2.00 bits per heavy atom. The number of hydrogen-bond acceptors (Lipinski definition) is 5. The molecule has 1 aromatic carbocycles. The highest BCUT2D eigenvalue weighted by molar-refractivity contribution is 8.78. The topological polar surface area (TPSA) is 49.7 Å². The number of fused-ring (bicyclic) bond motifs is 1. The van der Waals surface area contributed by atoms with E-state index in [1.54, 1.807) is 31.3 Å². The van der Waals surface area contributed by atoms with Crippen molar-refractivity contribution in [3.8, 4) is 0 Å². The lowest BCUT2D eigenvalue weighted by Crippen LogP contribution is -2.37. The molecule has 19 heavy (non-hydrogen) atoms. The molecular formula is C12H7ClN2O2S2. The van der Waals surface area contributed by atoms with E-state index in [1.165, 1.54) is 15.7 Å². The maximum Gasteiger partial charge on any atom is 0.263 e. The van der Waals surface area contributed by atoms with Gasteiger partial charge in [0, 0.05) is 12.6 Å². The van der Waals surface area contributed by atoms with Crippen LogP contribution in [0, 0.1) is 0 Å². The van der Waals surface area contributed by atoms with Crippen LogP contribution in [0.25, 0.3) is 0 Å². The molecule has 1 aromatic rings. The predicted octanol–water partition coefficient (Wildman–Crippen LogP) is 3.05. The highest BCUT2D eigenvalue weighted by Crippen LogP contribution is 2.44. The van der Waals surface area contributed by atoms with Gasteiger partial charge < -0.3 is 4.90 Å². The number of carbonyl (C=O) groups is 2. The number of allylic oxidation sites excluding steroid dienone is 1. The highest BCUT2D eigenvalue weighted by atomic mass is 35.5. The van der Waals surface area contributed by atoms with Gasteiger partial charge in [-0.1, -0.05) is 23.7 Å². The molecule has 3 rings (SSSR count). The number of hydrogen-bond donors (Lipinski definition) is 0. The number of likely N-dealkylation sites (N-methyl/N-ethyl adjacent to an activating group) is 1. The highest BCUT2D eigenvalue weighted by Gasteiger charge is 2.37. The molecule has 1 amide bonds. The quantitative estimate of drug-likeness (QED) is 0.320. The summed E-state index contributed by atoms with van der Waals surface area (Å²) in [7, 11) is 4.04. The third-order valence-electron chi connectivity index (χ3n) is 2.91. The summed E-state index contributed by atoms with van der Waals surface area (Å²) in [5.41, 5.74) is 1.23. The Morgan fingerprint density at radius 3 is 2.68 bits per heavy atom. The summed E-state index contributed by atoms with van der Waals surface area (Å²) in [6.07, 6.45) is 0. The molecule has 2 aliphatic heterocycles. The molecule has 0 spiro atoms. The Labute approximate surface area is 122 Å². The van der Waals surface area contributed by atoms with E-state index < -0.39 is 0 Å². The lowest BCUT2D eigenvalue weighted by atomic mass is 9.95. The summed E-state index contributed by atoms with van der Waals surface area (Å²) in [6.45, 7) is 0. The fourth-order valence-electron chi connectivity index (χ4n) is 1.98. The fourth-order valence-corrected chi connectivity index (χ4v) is 4.30. The molecular weight excluding hydrogens is 304 g/mol. The van der Waals surface area contributed by atoms with Crippen LogP contribution in [-0.2, 0) is 4.79 Å². The van der Waals surface area contributed by atoms with E-state index in [9.17, 15) is 9.59 Å². The zero-order chi connectivity index (χ0) is 13.6. The van der Waals surface area contributed by atoms with Gasteiger partial charge >= 0.3 is 0 Å². The average Bonchev–Trinajstić information content (AvgIpc) is 2.83. The SMILES string of the molecule is CN1C(=O)/C(=C2/SSN=C2Cl)C(=O)c2ccccc21. The van der Waals surface area contributed by atoms with Crippen molar-refractivity contribution >= 4 is 55.9 Å². The Morgan fingerprint density at radius 1 is 1.26 bits per heavy atom. The Balaban J connectivity index is 2.23. The van der Waals surface area contributed by atoms with Crippen LogP contribution in [0.1, 0.15) is 10.4 Å². The van der Waals surface area contributed by atoms with Crippen LogP contribution < -0.4 is 4.90 Å². The maximum absolute atomic E-state index is 12.5. The summed E-state index contributed by atoms with van der Waals surface area (Å²) in [5.74, 6) is -0.640. The van der Waals surface area contributed by atoms with Gasteiger partial charge in [-0.15, -0.1) is 0 Å². The average molecular weight is 311 g/mol. The minimum Gasteiger partial charge on any atom is -0.311 e. The van der Waals surface area contributed by atoms with Crippen molar-refractivity contribution in [3.05, 3.63) is 40.3 Å². The summed E-state index contributed by atoms with van der Waals surface area (Å²) < 4.78 is 3.92. The molecule has 0 N–H and O–H groups in total. The Bertz CT molecular complexity index is 669. The largest absolute Gasteiger partial charge is 0.311 e. The lowest BCUT2D eigenvalue weighted by Gasteiger charge is -2.26. The van der Waals surface area contributed by atoms with Gasteiger partial charge in [0.05, 0.1) is 21.6 Å². The molecule has 2 heterocycles. The van der Waals surface area contributed by atoms with Crippen molar-refractivity contribution in [3.63, 3.8) is 0 Å². The van der Waals surface area contributed by atoms with Crippen molar-refractivity contribution in [1.29, 1.82) is 0 Å². The van der Waals surface area contributed by atoms with Crippen LogP contribution >= 0.6 is 33.4 Å². The number of amides is 1. The maximum atomic E-state index is 12.5. The number of rotatable bonds is 0. The van der Waals surface area contributed by atoms with E-state index in [-0.39, 0.29) is 22.4 Å². The van der Waals surface area contributed by atoms with Gasteiger partial charge in [0.1, 0.15) is 5.57 Å². The van der Waals surface area contributed by atoms with Crippen LogP contribution in [-0.4, -0.2) is 23.9 Å². The van der Waals surface area contributed by atoms with E-state index in [4.69, 9.17) is 11.6 Å². The third-order valence-corrected chi connectivity index (χ3v) is 5.24. The predicted molar refractivity (Wildman–Crippen MR) is 79.7 cm³/mol. The summed E-state index contributed by atoms with van der Waals surface area (Å²) >= 11 is 5.94. The van der Waals surface area contributed by atoms with Crippen LogP contribution in [0.5, 0.6) is 0 Å². The molecule has 0 aliphatic carbocycles. The molecule has 0 atom stereocenters. The van der Waals surface area contributed by atoms with Crippen molar-refractivity contribution in [2.45, 2.75) is 0 Å². The zero-order valence-electron chi connectivity index (χ0n) is 9.71. The molecule has 96 valence electrons. The van der Waals surface area contributed by atoms with Crippen LogP contribution in [0.4, 0.5) is 5.69 Å². The first-order valence-corrected chi connectivity index (χ1v) is 7.83. The molecule has 4 nitrogen and oxygen atoms in total. The number of anilines is 1. The molecule has 7 heteroatoms. The normalized spacial score (nSPS) is 22.6. The van der Waals surface area contributed by atoms with Crippen LogP contribution in [0.2, 0.25) is 0 Å². The summed E-state index contributed by atoms with van der Waals surface area (Å²) in [6, 6.07) is 7.02. The first-order chi connectivity index (χ1) is 9.11. The second-order valence-corrected chi connectivity index (χ2v) is 6.17. The van der Waals surface area contributed by atoms with Crippen LogP contribution in [0.15, 0.2) is 39.1 Å². The summed E-state index contributed by atoms with van der Waals surface area (Å²) in [4.78, 5) is 26.7. The van der Waals surface area contributed by atoms with Gasteiger partial charge in [0.25, 0.3) is 5.91 Å². The summed E-state index contributed by atoms with van der Waals surface area (Å²) in [5, 5.41) is 0.208. The van der Waals surface area contributed by atoms with Gasteiger partial charge in [0.2, 0.25) is 5.78 Å². The monoisotopic (exact) mass is 310 g/mol. The van der Waals surface area contributed by atoms with Gasteiger partial charge in [-0.25, -0.2) is 0 Å². The number of benzene rings is 1. The van der Waals surface area contributed by atoms with Crippen molar-refractivity contribution in [2.75, 3.05) is 11.9 Å². The fraction of sp³-hybridized carbons (Fsp3) is 0.0833. The number of para-hydroxylation sites is 1. The second kappa shape index (κ2) is 4.70. The lowest BCUT2D eigenvalue weighted by molar-refractivity contribution is -0.114. The van der Waals surface area contributed by atoms with Crippen molar-refractivity contribution in [2.24, 2.45) is 4.40 Å². The van der Waals surface area contributed by atoms with Crippen molar-refractivity contribution in [1.82, 2.24) is 0 Å². The third kappa shape index (κ3) is 1.91. The Kier molecular flexibility index (Phi) is 3.16. The van der Waals surface area contributed by atoms with Crippen LogP contribution in [0.3, 0.4) is 0 Å². The van der Waals surface area contributed by atoms with Gasteiger partial charge in [-0.05, 0) is 22.9 Å². The standard InChI is InChI=1S/C12H7ClN2O2S2/c1-15-7-5-3-2-4-6(7)9(16)8(12(15)17)10-11(13)14-19-18-10/h2-5H,1H3/b10-8+. The van der Waals surface area contributed by atoms with E-state index in [0.717, 1.165) is 11.0 Å². The minimum absolute atomic E-state index is 0.102. The Hall–Kier alpha value is -1.24.